The molecule has 3 rings (SSSR count). The lowest BCUT2D eigenvalue weighted by Gasteiger charge is -1.99. The van der Waals surface area contributed by atoms with Crippen molar-refractivity contribution in [2.45, 2.75) is 6.42 Å². The maximum absolute atomic E-state index is 4.35. The van der Waals surface area contributed by atoms with E-state index in [1.807, 2.05) is 23.0 Å². The van der Waals surface area contributed by atoms with Crippen LogP contribution in [0.5, 0.6) is 0 Å². The first-order valence-electron chi connectivity index (χ1n) is 5.34. The van der Waals surface area contributed by atoms with Gasteiger partial charge in [-0.05, 0) is 46.4 Å². The Kier molecular flexibility index (Phi) is 2.80. The van der Waals surface area contributed by atoms with Gasteiger partial charge in [-0.2, -0.15) is 5.10 Å². The number of fused-ring (bicyclic) bond motifs is 1. The molecular weight excluding hydrogens is 325 g/mol. The highest BCUT2D eigenvalue weighted by Gasteiger charge is 2.05. The molecule has 2 heterocycles. The van der Waals surface area contributed by atoms with Crippen LogP contribution in [0.25, 0.3) is 5.65 Å². The lowest BCUT2D eigenvalue weighted by atomic mass is 10.1. The molecule has 84 valence electrons. The molecule has 0 saturated heterocycles. The van der Waals surface area contributed by atoms with Crippen LogP contribution >= 0.6 is 22.6 Å². The van der Waals surface area contributed by atoms with Crippen LogP contribution in [0.1, 0.15) is 11.1 Å². The molecule has 1 aromatic carbocycles. The molecule has 3 nitrogen and oxygen atoms in total. The molecule has 0 aliphatic heterocycles. The summed E-state index contributed by atoms with van der Waals surface area (Å²) in [6.45, 7) is 0. The van der Waals surface area contributed by atoms with Gasteiger partial charge in [0, 0.05) is 27.9 Å². The van der Waals surface area contributed by atoms with Crippen molar-refractivity contribution in [1.29, 1.82) is 0 Å². The number of halogens is 1. The Balaban J connectivity index is 1.97. The van der Waals surface area contributed by atoms with E-state index in [1.165, 1.54) is 9.13 Å². The molecule has 0 radical (unpaired) electrons. The Morgan fingerprint density at radius 2 is 2.00 bits per heavy atom. The average molecular weight is 335 g/mol. The topological polar surface area (TPSA) is 30.2 Å². The first-order chi connectivity index (χ1) is 8.33. The number of hydrogen-bond donors (Lipinski definition) is 0. The quantitative estimate of drug-likeness (QED) is 0.674. The first-order valence-corrected chi connectivity index (χ1v) is 6.42. The third-order valence-electron chi connectivity index (χ3n) is 2.66. The summed E-state index contributed by atoms with van der Waals surface area (Å²) in [5.41, 5.74) is 3.38. The molecule has 0 saturated carbocycles. The molecule has 0 aliphatic carbocycles. The smallest absolute Gasteiger partial charge is 0.158 e. The number of hydrogen-bond acceptors (Lipinski definition) is 2. The molecule has 0 fully saturated rings. The molecule has 3 aromatic rings. The minimum atomic E-state index is 0.872. The second-order valence-electron chi connectivity index (χ2n) is 3.86. The van der Waals surface area contributed by atoms with Crippen molar-refractivity contribution in [3.05, 3.63) is 63.6 Å². The van der Waals surface area contributed by atoms with Crippen molar-refractivity contribution in [2.75, 3.05) is 0 Å². The zero-order valence-corrected chi connectivity index (χ0v) is 11.2. The number of aromatic nitrogens is 3. The fourth-order valence-corrected chi connectivity index (χ4v) is 2.18. The molecule has 0 N–H and O–H groups in total. The summed E-state index contributed by atoms with van der Waals surface area (Å²) in [7, 11) is 0. The van der Waals surface area contributed by atoms with Gasteiger partial charge in [-0.15, -0.1) is 0 Å². The highest BCUT2D eigenvalue weighted by atomic mass is 127. The van der Waals surface area contributed by atoms with E-state index in [4.69, 9.17) is 0 Å². The van der Waals surface area contributed by atoms with Crippen LogP contribution < -0.4 is 0 Å². The van der Waals surface area contributed by atoms with Gasteiger partial charge < -0.3 is 0 Å². The van der Waals surface area contributed by atoms with Crippen LogP contribution in [0.2, 0.25) is 0 Å². The zero-order valence-electron chi connectivity index (χ0n) is 9.05. The van der Waals surface area contributed by atoms with E-state index in [0.717, 1.165) is 17.6 Å². The molecule has 0 atom stereocenters. The summed E-state index contributed by atoms with van der Waals surface area (Å²) in [4.78, 5) is 4.35. The highest BCUT2D eigenvalue weighted by Crippen LogP contribution is 2.14. The van der Waals surface area contributed by atoms with Gasteiger partial charge in [-0.1, -0.05) is 12.1 Å². The predicted molar refractivity (Wildman–Crippen MR) is 75.0 cm³/mol. The third-order valence-corrected chi connectivity index (χ3v) is 3.38. The fourth-order valence-electron chi connectivity index (χ4n) is 1.82. The van der Waals surface area contributed by atoms with Crippen LogP contribution in [0.4, 0.5) is 0 Å². The van der Waals surface area contributed by atoms with Gasteiger partial charge in [0.2, 0.25) is 0 Å². The van der Waals surface area contributed by atoms with Crippen LogP contribution in [0.15, 0.2) is 48.9 Å². The van der Waals surface area contributed by atoms with E-state index in [1.54, 1.807) is 6.20 Å². The summed E-state index contributed by atoms with van der Waals surface area (Å²) in [5.74, 6) is 0. The summed E-state index contributed by atoms with van der Waals surface area (Å²) in [6, 6.07) is 10.4. The Labute approximate surface area is 113 Å². The number of rotatable bonds is 2. The van der Waals surface area contributed by atoms with Crippen molar-refractivity contribution in [1.82, 2.24) is 14.6 Å². The highest BCUT2D eigenvalue weighted by molar-refractivity contribution is 14.1. The lowest BCUT2D eigenvalue weighted by Crippen LogP contribution is -1.91. The lowest BCUT2D eigenvalue weighted by molar-refractivity contribution is 0.939. The number of nitrogens with zero attached hydrogens (tertiary/aromatic N) is 3. The van der Waals surface area contributed by atoms with Crippen molar-refractivity contribution < 1.29 is 0 Å². The molecule has 0 amide bonds. The van der Waals surface area contributed by atoms with Gasteiger partial charge in [0.25, 0.3) is 0 Å². The molecule has 0 spiro atoms. The van der Waals surface area contributed by atoms with E-state index in [-0.39, 0.29) is 0 Å². The van der Waals surface area contributed by atoms with Gasteiger partial charge in [0.1, 0.15) is 0 Å². The van der Waals surface area contributed by atoms with Gasteiger partial charge >= 0.3 is 0 Å². The maximum atomic E-state index is 4.35. The van der Waals surface area contributed by atoms with Gasteiger partial charge in [-0.3, -0.25) is 0 Å². The van der Waals surface area contributed by atoms with Gasteiger partial charge in [-0.25, -0.2) is 9.50 Å². The van der Waals surface area contributed by atoms with Crippen molar-refractivity contribution in [2.24, 2.45) is 0 Å². The van der Waals surface area contributed by atoms with Gasteiger partial charge in [0.15, 0.2) is 5.65 Å². The van der Waals surface area contributed by atoms with Gasteiger partial charge in [0.05, 0.1) is 6.20 Å². The van der Waals surface area contributed by atoms with Crippen LogP contribution in [-0.2, 0) is 6.42 Å². The molecular formula is C13H10IN3. The molecule has 17 heavy (non-hydrogen) atoms. The molecule has 2 aromatic heterocycles. The SMILES string of the molecule is Ic1ccc(Cc2cnn3cccnc23)cc1. The largest absolute Gasteiger partial charge is 0.237 e. The predicted octanol–water partition coefficient (Wildman–Crippen LogP) is 2.92. The zero-order chi connectivity index (χ0) is 11.7. The summed E-state index contributed by atoms with van der Waals surface area (Å²) in [5, 5.41) is 4.29. The minimum Gasteiger partial charge on any atom is -0.237 e. The van der Waals surface area contributed by atoms with E-state index < -0.39 is 0 Å². The van der Waals surface area contributed by atoms with Crippen LogP contribution in [0, 0.1) is 3.57 Å². The minimum absolute atomic E-state index is 0.872. The molecule has 4 heteroatoms. The average Bonchev–Trinajstić information content (AvgIpc) is 2.76. The van der Waals surface area contributed by atoms with Crippen molar-refractivity contribution in [3.63, 3.8) is 0 Å². The van der Waals surface area contributed by atoms with E-state index in [0.29, 0.717) is 0 Å². The van der Waals surface area contributed by atoms with Crippen LogP contribution in [0.3, 0.4) is 0 Å². The molecule has 0 unspecified atom stereocenters. The number of benzene rings is 1. The second kappa shape index (κ2) is 4.44. The third kappa shape index (κ3) is 2.17. The summed E-state index contributed by atoms with van der Waals surface area (Å²) >= 11 is 2.31. The second-order valence-corrected chi connectivity index (χ2v) is 5.11. The Bertz CT molecular complexity index is 643. The summed E-state index contributed by atoms with van der Waals surface area (Å²) in [6.07, 6.45) is 6.48. The molecule has 0 aliphatic rings. The standard InChI is InChI=1S/C13H10IN3/c14-12-4-2-10(3-5-12)8-11-9-16-17-7-1-6-15-13(11)17/h1-7,9H,8H2. The van der Waals surface area contributed by atoms with E-state index in [9.17, 15) is 0 Å². The summed E-state index contributed by atoms with van der Waals surface area (Å²) < 4.78 is 3.06. The first kappa shape index (κ1) is 10.7. The van der Waals surface area contributed by atoms with Crippen molar-refractivity contribution in [3.8, 4) is 0 Å². The van der Waals surface area contributed by atoms with E-state index >= 15 is 0 Å². The Morgan fingerprint density at radius 1 is 1.18 bits per heavy atom. The van der Waals surface area contributed by atoms with Crippen molar-refractivity contribution >= 4 is 28.2 Å². The normalized spacial score (nSPS) is 10.9. The Hall–Kier alpha value is -1.43. The van der Waals surface area contributed by atoms with E-state index in [2.05, 4.69) is 56.9 Å². The Morgan fingerprint density at radius 3 is 2.82 bits per heavy atom. The molecule has 0 bridgehead atoms. The fraction of sp³-hybridized carbons (Fsp3) is 0.0769. The monoisotopic (exact) mass is 335 g/mol. The maximum Gasteiger partial charge on any atom is 0.158 e. The van der Waals surface area contributed by atoms with Crippen LogP contribution in [-0.4, -0.2) is 14.6 Å².